The molecule has 4 nitrogen and oxygen atoms in total. The number of ether oxygens (including phenoxy) is 1. The fourth-order valence-corrected chi connectivity index (χ4v) is 2.89. The molecule has 1 aliphatic carbocycles. The fraction of sp³-hybridized carbons (Fsp3) is 0.333. The predicted molar refractivity (Wildman–Crippen MR) is 89.8 cm³/mol. The summed E-state index contributed by atoms with van der Waals surface area (Å²) in [6.07, 6.45) is 3.69. The maximum absolute atomic E-state index is 13.1. The summed E-state index contributed by atoms with van der Waals surface area (Å²) in [6, 6.07) is 11.4. The maximum atomic E-state index is 13.1. The molecule has 120 valence electrons. The number of amides is 1. The van der Waals surface area contributed by atoms with E-state index in [-0.39, 0.29) is 18.0 Å². The van der Waals surface area contributed by atoms with E-state index in [2.05, 4.69) is 4.98 Å². The summed E-state index contributed by atoms with van der Waals surface area (Å²) >= 11 is 5.96. The number of hydrogen-bond donors (Lipinski definition) is 0. The lowest BCUT2D eigenvalue weighted by Crippen LogP contribution is -2.35. The van der Waals surface area contributed by atoms with Crippen molar-refractivity contribution < 1.29 is 9.53 Å². The second-order valence-corrected chi connectivity index (χ2v) is 6.17. The molecule has 1 aliphatic rings. The van der Waals surface area contributed by atoms with E-state index < -0.39 is 0 Å². The molecule has 1 aromatic heterocycles. The second-order valence-electron chi connectivity index (χ2n) is 5.73. The Balaban J connectivity index is 1.92. The van der Waals surface area contributed by atoms with Gasteiger partial charge in [-0.1, -0.05) is 23.7 Å². The first-order valence-corrected chi connectivity index (χ1v) is 8.06. The topological polar surface area (TPSA) is 42.4 Å². The van der Waals surface area contributed by atoms with Crippen molar-refractivity contribution in [3.05, 3.63) is 58.7 Å². The predicted octanol–water partition coefficient (Wildman–Crippen LogP) is 4.11. The third-order valence-corrected chi connectivity index (χ3v) is 4.39. The van der Waals surface area contributed by atoms with Gasteiger partial charge in [-0.2, -0.15) is 0 Å². The van der Waals surface area contributed by atoms with Crippen molar-refractivity contribution in [2.75, 3.05) is 7.11 Å². The summed E-state index contributed by atoms with van der Waals surface area (Å²) in [5.74, 6) is 0.325. The van der Waals surface area contributed by atoms with Crippen molar-refractivity contribution in [2.45, 2.75) is 31.8 Å². The number of nitrogens with zero attached hydrogens (tertiary/aromatic N) is 2. The molecule has 1 heterocycles. The number of halogens is 1. The molecular weight excluding hydrogens is 312 g/mol. The van der Waals surface area contributed by atoms with Crippen molar-refractivity contribution >= 4 is 17.5 Å². The normalized spacial score (nSPS) is 15.1. The molecule has 5 heteroatoms. The van der Waals surface area contributed by atoms with Gasteiger partial charge >= 0.3 is 0 Å². The summed E-state index contributed by atoms with van der Waals surface area (Å²) in [5.41, 5.74) is 1.57. The Morgan fingerprint density at radius 3 is 2.61 bits per heavy atom. The molecule has 1 atom stereocenters. The SMILES string of the molecule is COc1ncccc1C(=O)N(C1CC1)C(C)c1ccc(Cl)cc1. The Morgan fingerprint density at radius 2 is 2.00 bits per heavy atom. The van der Waals surface area contributed by atoms with Gasteiger partial charge in [-0.3, -0.25) is 4.79 Å². The molecule has 1 fully saturated rings. The smallest absolute Gasteiger partial charge is 0.260 e. The minimum absolute atomic E-state index is 0.0304. The highest BCUT2D eigenvalue weighted by atomic mass is 35.5. The van der Waals surface area contributed by atoms with Crippen molar-refractivity contribution in [3.63, 3.8) is 0 Å². The van der Waals surface area contributed by atoms with E-state index in [4.69, 9.17) is 16.3 Å². The van der Waals surface area contributed by atoms with Crippen LogP contribution in [-0.2, 0) is 0 Å². The maximum Gasteiger partial charge on any atom is 0.260 e. The third kappa shape index (κ3) is 3.32. The van der Waals surface area contributed by atoms with Gasteiger partial charge in [-0.05, 0) is 49.6 Å². The third-order valence-electron chi connectivity index (χ3n) is 4.14. The molecule has 0 saturated heterocycles. The first-order valence-electron chi connectivity index (χ1n) is 7.69. The van der Waals surface area contributed by atoms with E-state index in [1.807, 2.05) is 36.1 Å². The summed E-state index contributed by atoms with van der Waals surface area (Å²) in [6.45, 7) is 2.04. The molecule has 0 aliphatic heterocycles. The first kappa shape index (κ1) is 15.8. The Kier molecular flexibility index (Phi) is 4.53. The molecular formula is C18H19ClN2O2. The van der Waals surface area contributed by atoms with Crippen LogP contribution < -0.4 is 4.74 Å². The lowest BCUT2D eigenvalue weighted by Gasteiger charge is -2.30. The van der Waals surface area contributed by atoms with Crippen molar-refractivity contribution in [3.8, 4) is 5.88 Å². The first-order chi connectivity index (χ1) is 11.1. The molecule has 23 heavy (non-hydrogen) atoms. The molecule has 2 aromatic rings. The van der Waals surface area contributed by atoms with Crippen molar-refractivity contribution in [1.82, 2.24) is 9.88 Å². The van der Waals surface area contributed by atoms with Crippen LogP contribution in [0.4, 0.5) is 0 Å². The van der Waals surface area contributed by atoms with Crippen LogP contribution in [-0.4, -0.2) is 28.9 Å². The van der Waals surface area contributed by atoms with Crippen LogP contribution in [0.1, 0.15) is 41.7 Å². The fourth-order valence-electron chi connectivity index (χ4n) is 2.77. The summed E-state index contributed by atoms with van der Waals surface area (Å²) in [7, 11) is 1.53. The van der Waals surface area contributed by atoms with Gasteiger partial charge in [0.05, 0.1) is 13.2 Å². The average Bonchev–Trinajstić information content (AvgIpc) is 3.40. The molecule has 0 N–H and O–H groups in total. The van der Waals surface area contributed by atoms with Crippen LogP contribution in [0.15, 0.2) is 42.6 Å². The van der Waals surface area contributed by atoms with Crippen LogP contribution in [0.25, 0.3) is 0 Å². The number of pyridine rings is 1. The van der Waals surface area contributed by atoms with Crippen LogP contribution in [0.5, 0.6) is 5.88 Å². The number of rotatable bonds is 5. The highest BCUT2D eigenvalue weighted by Crippen LogP contribution is 2.36. The summed E-state index contributed by atoms with van der Waals surface area (Å²) < 4.78 is 5.24. The van der Waals surface area contributed by atoms with Crippen LogP contribution >= 0.6 is 11.6 Å². The number of carbonyl (C=O) groups is 1. The Labute approximate surface area is 141 Å². The minimum Gasteiger partial charge on any atom is -0.480 e. The quantitative estimate of drug-likeness (QED) is 0.828. The summed E-state index contributed by atoms with van der Waals surface area (Å²) in [4.78, 5) is 19.1. The Hall–Kier alpha value is -2.07. The molecule has 0 bridgehead atoms. The zero-order valence-electron chi connectivity index (χ0n) is 13.2. The highest BCUT2D eigenvalue weighted by molar-refractivity contribution is 6.30. The van der Waals surface area contributed by atoms with E-state index in [0.717, 1.165) is 18.4 Å². The van der Waals surface area contributed by atoms with Gasteiger partial charge < -0.3 is 9.64 Å². The lowest BCUT2D eigenvalue weighted by atomic mass is 10.1. The largest absolute Gasteiger partial charge is 0.480 e. The number of methoxy groups -OCH3 is 1. The number of benzene rings is 1. The van der Waals surface area contributed by atoms with Gasteiger partial charge in [0.2, 0.25) is 5.88 Å². The molecule has 1 unspecified atom stereocenters. The highest BCUT2D eigenvalue weighted by Gasteiger charge is 2.37. The van der Waals surface area contributed by atoms with E-state index in [1.54, 1.807) is 18.3 Å². The molecule has 1 saturated carbocycles. The van der Waals surface area contributed by atoms with E-state index in [1.165, 1.54) is 7.11 Å². The van der Waals surface area contributed by atoms with E-state index >= 15 is 0 Å². The molecule has 0 radical (unpaired) electrons. The van der Waals surface area contributed by atoms with Gasteiger partial charge in [0.25, 0.3) is 5.91 Å². The number of aromatic nitrogens is 1. The van der Waals surface area contributed by atoms with Gasteiger partial charge in [0.1, 0.15) is 5.56 Å². The van der Waals surface area contributed by atoms with E-state index in [9.17, 15) is 4.79 Å². The van der Waals surface area contributed by atoms with E-state index in [0.29, 0.717) is 16.5 Å². The standard InChI is InChI=1S/C18H19ClN2O2/c1-12(13-5-7-14(19)8-6-13)21(15-9-10-15)18(22)16-4-3-11-20-17(16)23-2/h3-8,11-12,15H,9-10H2,1-2H3. The van der Waals surface area contributed by atoms with Crippen molar-refractivity contribution in [2.24, 2.45) is 0 Å². The van der Waals surface area contributed by atoms with Gasteiger partial charge in [-0.25, -0.2) is 4.98 Å². The Bertz CT molecular complexity index is 698. The van der Waals surface area contributed by atoms with Crippen LogP contribution in [0.3, 0.4) is 0 Å². The average molecular weight is 331 g/mol. The monoisotopic (exact) mass is 330 g/mol. The zero-order chi connectivity index (χ0) is 16.4. The molecule has 0 spiro atoms. The zero-order valence-corrected chi connectivity index (χ0v) is 14.0. The van der Waals surface area contributed by atoms with Crippen molar-refractivity contribution in [1.29, 1.82) is 0 Å². The second kappa shape index (κ2) is 6.59. The van der Waals surface area contributed by atoms with Crippen LogP contribution in [0, 0.1) is 0 Å². The number of carbonyl (C=O) groups excluding carboxylic acids is 1. The number of hydrogen-bond acceptors (Lipinski definition) is 3. The summed E-state index contributed by atoms with van der Waals surface area (Å²) in [5, 5.41) is 0.694. The van der Waals surface area contributed by atoms with Gasteiger partial charge in [-0.15, -0.1) is 0 Å². The Morgan fingerprint density at radius 1 is 1.30 bits per heavy atom. The lowest BCUT2D eigenvalue weighted by molar-refractivity contribution is 0.0669. The molecule has 1 amide bonds. The van der Waals surface area contributed by atoms with Gasteiger partial charge in [0, 0.05) is 17.3 Å². The molecule has 3 rings (SSSR count). The molecule has 1 aromatic carbocycles. The van der Waals surface area contributed by atoms with Crippen LogP contribution in [0.2, 0.25) is 5.02 Å². The van der Waals surface area contributed by atoms with Gasteiger partial charge in [0.15, 0.2) is 0 Å². The minimum atomic E-state index is -0.0418.